The van der Waals surface area contributed by atoms with Crippen LogP contribution in [0.5, 0.6) is 0 Å². The molecule has 0 unspecified atom stereocenters. The van der Waals surface area contributed by atoms with Gasteiger partial charge in [0.2, 0.25) is 0 Å². The van der Waals surface area contributed by atoms with E-state index in [4.69, 9.17) is 9.47 Å². The Balaban J connectivity index is 1.37. The second-order valence-corrected chi connectivity index (χ2v) is 7.58. The standard InChI is InChI=1S/C20H30O2/c1-2-4-16(5-3-1)17-6-8-18(9-7-17)19-10-12-20(13-11-19)21-14-15-22-20/h1-15H2. The SMILES string of the molecule is C1CCC(=C2CCC(=C3CCC4(CC3)OCCO4)CC2)CC1. The van der Waals surface area contributed by atoms with Crippen LogP contribution in [0.1, 0.15) is 83.5 Å². The normalized spacial score (nSPS) is 29.5. The lowest BCUT2D eigenvalue weighted by Crippen LogP contribution is -2.33. The van der Waals surface area contributed by atoms with Crippen molar-refractivity contribution in [1.29, 1.82) is 0 Å². The predicted octanol–water partition coefficient (Wildman–Crippen LogP) is 5.43. The van der Waals surface area contributed by atoms with Crippen LogP contribution in [0.25, 0.3) is 0 Å². The molecule has 4 fully saturated rings. The maximum atomic E-state index is 5.86. The van der Waals surface area contributed by atoms with Gasteiger partial charge in [-0.05, 0) is 64.2 Å². The molecule has 22 heavy (non-hydrogen) atoms. The summed E-state index contributed by atoms with van der Waals surface area (Å²) in [5, 5.41) is 0. The van der Waals surface area contributed by atoms with Gasteiger partial charge in [0.25, 0.3) is 0 Å². The molecule has 3 saturated carbocycles. The molecular formula is C20H30O2. The zero-order chi connectivity index (χ0) is 14.8. The summed E-state index contributed by atoms with van der Waals surface area (Å²) in [6, 6.07) is 0. The Labute approximate surface area is 134 Å². The molecule has 0 aromatic carbocycles. The minimum Gasteiger partial charge on any atom is -0.348 e. The van der Waals surface area contributed by atoms with E-state index >= 15 is 0 Å². The monoisotopic (exact) mass is 302 g/mol. The molecule has 0 N–H and O–H groups in total. The summed E-state index contributed by atoms with van der Waals surface area (Å²) in [4.78, 5) is 0. The molecule has 2 heteroatoms. The van der Waals surface area contributed by atoms with Crippen LogP contribution in [0.2, 0.25) is 0 Å². The first-order chi connectivity index (χ1) is 10.8. The average Bonchev–Trinajstić information content (AvgIpc) is 3.05. The summed E-state index contributed by atoms with van der Waals surface area (Å²) in [6.07, 6.45) is 17.1. The van der Waals surface area contributed by atoms with Crippen LogP contribution < -0.4 is 0 Å². The number of ether oxygens (including phenoxy) is 2. The summed E-state index contributed by atoms with van der Waals surface area (Å²) in [6.45, 7) is 1.59. The topological polar surface area (TPSA) is 18.5 Å². The predicted molar refractivity (Wildman–Crippen MR) is 88.7 cm³/mol. The van der Waals surface area contributed by atoms with Gasteiger partial charge in [-0.1, -0.05) is 28.7 Å². The van der Waals surface area contributed by atoms with Crippen molar-refractivity contribution in [2.24, 2.45) is 0 Å². The Bertz CT molecular complexity index is 448. The molecule has 0 amide bonds. The minimum atomic E-state index is -0.200. The van der Waals surface area contributed by atoms with Gasteiger partial charge in [0.1, 0.15) is 0 Å². The van der Waals surface area contributed by atoms with Gasteiger partial charge in [-0.25, -0.2) is 0 Å². The van der Waals surface area contributed by atoms with E-state index in [1.54, 1.807) is 11.1 Å². The smallest absolute Gasteiger partial charge is 0.169 e. The molecule has 1 heterocycles. The molecule has 4 rings (SSSR count). The number of hydrogen-bond donors (Lipinski definition) is 0. The Kier molecular flexibility index (Phi) is 4.41. The molecule has 2 nitrogen and oxygen atoms in total. The highest BCUT2D eigenvalue weighted by molar-refractivity contribution is 5.26. The Morgan fingerprint density at radius 1 is 0.500 bits per heavy atom. The van der Waals surface area contributed by atoms with Gasteiger partial charge in [0, 0.05) is 12.8 Å². The zero-order valence-corrected chi connectivity index (χ0v) is 13.9. The van der Waals surface area contributed by atoms with Crippen LogP contribution in [0.4, 0.5) is 0 Å². The van der Waals surface area contributed by atoms with Crippen molar-refractivity contribution in [3.8, 4) is 0 Å². The Morgan fingerprint density at radius 3 is 1.50 bits per heavy atom. The molecule has 0 aromatic heterocycles. The van der Waals surface area contributed by atoms with E-state index in [-0.39, 0.29) is 5.79 Å². The molecule has 1 saturated heterocycles. The Hall–Kier alpha value is -0.600. The fourth-order valence-corrected chi connectivity index (χ4v) is 4.96. The van der Waals surface area contributed by atoms with E-state index in [1.807, 2.05) is 11.1 Å². The highest BCUT2D eigenvalue weighted by Crippen LogP contribution is 2.43. The lowest BCUT2D eigenvalue weighted by molar-refractivity contribution is -0.171. The fraction of sp³-hybridized carbons (Fsp3) is 0.800. The van der Waals surface area contributed by atoms with E-state index in [0.29, 0.717) is 0 Å². The quantitative estimate of drug-likeness (QED) is 0.555. The molecule has 0 radical (unpaired) electrons. The second kappa shape index (κ2) is 6.49. The molecule has 122 valence electrons. The first-order valence-corrected chi connectivity index (χ1v) is 9.52. The number of hydrogen-bond acceptors (Lipinski definition) is 2. The minimum absolute atomic E-state index is 0.200. The first kappa shape index (κ1) is 15.0. The summed E-state index contributed by atoms with van der Waals surface area (Å²) >= 11 is 0. The lowest BCUT2D eigenvalue weighted by atomic mass is 9.78. The van der Waals surface area contributed by atoms with Crippen LogP contribution in [0.15, 0.2) is 22.3 Å². The molecule has 3 aliphatic carbocycles. The molecule has 4 aliphatic rings. The molecular weight excluding hydrogens is 272 g/mol. The van der Waals surface area contributed by atoms with Gasteiger partial charge in [0.05, 0.1) is 13.2 Å². The van der Waals surface area contributed by atoms with Crippen molar-refractivity contribution in [1.82, 2.24) is 0 Å². The summed E-state index contributed by atoms with van der Waals surface area (Å²) in [5.41, 5.74) is 7.20. The van der Waals surface area contributed by atoms with Crippen LogP contribution in [0, 0.1) is 0 Å². The van der Waals surface area contributed by atoms with E-state index in [0.717, 1.165) is 26.1 Å². The third-order valence-electron chi connectivity index (χ3n) is 6.34. The Morgan fingerprint density at radius 2 is 0.955 bits per heavy atom. The van der Waals surface area contributed by atoms with Gasteiger partial charge in [0.15, 0.2) is 5.79 Å². The van der Waals surface area contributed by atoms with E-state index in [9.17, 15) is 0 Å². The lowest BCUT2D eigenvalue weighted by Gasteiger charge is -2.34. The molecule has 0 bridgehead atoms. The fourth-order valence-electron chi connectivity index (χ4n) is 4.96. The summed E-state index contributed by atoms with van der Waals surface area (Å²) in [5.74, 6) is -0.200. The third kappa shape index (κ3) is 3.05. The largest absolute Gasteiger partial charge is 0.348 e. The van der Waals surface area contributed by atoms with Gasteiger partial charge < -0.3 is 9.47 Å². The van der Waals surface area contributed by atoms with Crippen molar-refractivity contribution in [2.45, 2.75) is 89.3 Å². The zero-order valence-electron chi connectivity index (χ0n) is 13.9. The third-order valence-corrected chi connectivity index (χ3v) is 6.34. The maximum Gasteiger partial charge on any atom is 0.169 e. The van der Waals surface area contributed by atoms with Crippen molar-refractivity contribution in [3.05, 3.63) is 22.3 Å². The summed E-state index contributed by atoms with van der Waals surface area (Å²) in [7, 11) is 0. The van der Waals surface area contributed by atoms with Gasteiger partial charge >= 0.3 is 0 Å². The summed E-state index contributed by atoms with van der Waals surface area (Å²) < 4.78 is 11.7. The average molecular weight is 302 g/mol. The van der Waals surface area contributed by atoms with Crippen LogP contribution >= 0.6 is 0 Å². The van der Waals surface area contributed by atoms with Gasteiger partial charge in [-0.3, -0.25) is 0 Å². The van der Waals surface area contributed by atoms with E-state index < -0.39 is 0 Å². The van der Waals surface area contributed by atoms with Crippen LogP contribution in [-0.2, 0) is 9.47 Å². The van der Waals surface area contributed by atoms with Crippen molar-refractivity contribution >= 4 is 0 Å². The first-order valence-electron chi connectivity index (χ1n) is 9.52. The van der Waals surface area contributed by atoms with Crippen molar-refractivity contribution < 1.29 is 9.47 Å². The highest BCUT2D eigenvalue weighted by atomic mass is 16.7. The molecule has 1 aliphatic heterocycles. The molecule has 1 spiro atoms. The number of allylic oxidation sites excluding steroid dienone is 4. The van der Waals surface area contributed by atoms with Crippen LogP contribution in [0.3, 0.4) is 0 Å². The van der Waals surface area contributed by atoms with Crippen molar-refractivity contribution in [3.63, 3.8) is 0 Å². The van der Waals surface area contributed by atoms with E-state index in [2.05, 4.69) is 0 Å². The number of rotatable bonds is 0. The molecule has 0 atom stereocenters. The van der Waals surface area contributed by atoms with Crippen LogP contribution in [-0.4, -0.2) is 19.0 Å². The van der Waals surface area contributed by atoms with Gasteiger partial charge in [-0.15, -0.1) is 0 Å². The van der Waals surface area contributed by atoms with E-state index in [1.165, 1.54) is 70.6 Å². The maximum absolute atomic E-state index is 5.86. The van der Waals surface area contributed by atoms with Gasteiger partial charge in [-0.2, -0.15) is 0 Å². The second-order valence-electron chi connectivity index (χ2n) is 7.58. The molecule has 0 aromatic rings. The highest BCUT2D eigenvalue weighted by Gasteiger charge is 2.39. The van der Waals surface area contributed by atoms with Crippen molar-refractivity contribution in [2.75, 3.05) is 13.2 Å².